The Morgan fingerprint density at radius 2 is 2.05 bits per heavy atom. The number of likely N-dealkylation sites (N-methyl/N-ethyl adjacent to an activating group) is 1. The number of nitrogens with one attached hydrogen (secondary N) is 1. The van der Waals surface area contributed by atoms with Crippen LogP contribution >= 0.6 is 11.6 Å². The Bertz CT molecular complexity index is 541. The zero-order valence-corrected chi connectivity index (χ0v) is 13.9. The summed E-state index contributed by atoms with van der Waals surface area (Å²) < 4.78 is 0. The molecule has 1 aliphatic rings. The zero-order valence-electron chi connectivity index (χ0n) is 13.1. The summed E-state index contributed by atoms with van der Waals surface area (Å²) in [5.74, 6) is 0.0710. The monoisotopic (exact) mass is 322 g/mol. The lowest BCUT2D eigenvalue weighted by molar-refractivity contribution is -0.137. The SMILES string of the molecule is CC(=O)NC(C(=O)N(C)Cc1cccc(Cl)c1)C1CCCC1. The number of hydrogen-bond acceptors (Lipinski definition) is 2. The maximum Gasteiger partial charge on any atom is 0.245 e. The minimum Gasteiger partial charge on any atom is -0.344 e. The molecule has 1 unspecified atom stereocenters. The van der Waals surface area contributed by atoms with E-state index in [9.17, 15) is 9.59 Å². The summed E-state index contributed by atoms with van der Waals surface area (Å²) in [4.78, 5) is 25.8. The maximum atomic E-state index is 12.7. The molecule has 0 bridgehead atoms. The van der Waals surface area contributed by atoms with Crippen molar-refractivity contribution in [3.63, 3.8) is 0 Å². The van der Waals surface area contributed by atoms with Gasteiger partial charge in [-0.05, 0) is 36.5 Å². The second-order valence-electron chi connectivity index (χ2n) is 6.05. The van der Waals surface area contributed by atoms with Gasteiger partial charge in [0.05, 0.1) is 0 Å². The number of rotatable bonds is 5. The van der Waals surface area contributed by atoms with Crippen LogP contribution in [0.1, 0.15) is 38.2 Å². The summed E-state index contributed by atoms with van der Waals surface area (Å²) in [6, 6.07) is 7.07. The summed E-state index contributed by atoms with van der Waals surface area (Å²) in [6.07, 6.45) is 4.27. The summed E-state index contributed by atoms with van der Waals surface area (Å²) in [5, 5.41) is 3.50. The molecule has 0 aliphatic heterocycles. The van der Waals surface area contributed by atoms with Crippen LogP contribution in [0.15, 0.2) is 24.3 Å². The molecule has 1 atom stereocenters. The molecule has 4 nitrogen and oxygen atoms in total. The van der Waals surface area contributed by atoms with Gasteiger partial charge in [0, 0.05) is 25.5 Å². The van der Waals surface area contributed by atoms with Gasteiger partial charge in [0.2, 0.25) is 11.8 Å². The van der Waals surface area contributed by atoms with E-state index >= 15 is 0 Å². The van der Waals surface area contributed by atoms with E-state index in [1.54, 1.807) is 11.9 Å². The molecule has 5 heteroatoms. The van der Waals surface area contributed by atoms with Crippen molar-refractivity contribution in [1.29, 1.82) is 0 Å². The van der Waals surface area contributed by atoms with Crippen molar-refractivity contribution in [3.05, 3.63) is 34.9 Å². The van der Waals surface area contributed by atoms with Crippen LogP contribution < -0.4 is 5.32 Å². The standard InChI is InChI=1S/C17H23ClN2O2/c1-12(21)19-16(14-7-3-4-8-14)17(22)20(2)11-13-6-5-9-15(18)10-13/h5-6,9-10,14,16H,3-4,7-8,11H2,1-2H3,(H,19,21). The predicted molar refractivity (Wildman–Crippen MR) is 87.5 cm³/mol. The minimum atomic E-state index is -0.413. The molecule has 22 heavy (non-hydrogen) atoms. The Kier molecular flexibility index (Phi) is 5.83. The fraction of sp³-hybridized carbons (Fsp3) is 0.529. The Balaban J connectivity index is 2.06. The first-order valence-electron chi connectivity index (χ1n) is 7.74. The molecule has 2 amide bonds. The molecule has 0 spiro atoms. The fourth-order valence-corrected chi connectivity index (χ4v) is 3.33. The Morgan fingerprint density at radius 1 is 1.36 bits per heavy atom. The number of hydrogen-bond donors (Lipinski definition) is 1. The highest BCUT2D eigenvalue weighted by atomic mass is 35.5. The number of nitrogens with zero attached hydrogens (tertiary/aromatic N) is 1. The predicted octanol–water partition coefficient (Wildman–Crippen LogP) is 2.99. The van der Waals surface area contributed by atoms with Crippen molar-refractivity contribution in [1.82, 2.24) is 10.2 Å². The van der Waals surface area contributed by atoms with Crippen LogP contribution in [0, 0.1) is 5.92 Å². The molecule has 1 fully saturated rings. The van der Waals surface area contributed by atoms with E-state index < -0.39 is 6.04 Å². The highest BCUT2D eigenvalue weighted by Crippen LogP contribution is 2.28. The lowest BCUT2D eigenvalue weighted by atomic mass is 9.96. The summed E-state index contributed by atoms with van der Waals surface area (Å²) in [7, 11) is 1.77. The molecule has 1 aromatic rings. The van der Waals surface area contributed by atoms with E-state index in [2.05, 4.69) is 5.32 Å². The molecule has 1 aliphatic carbocycles. The summed E-state index contributed by atoms with van der Waals surface area (Å²) in [5.41, 5.74) is 0.983. The van der Waals surface area contributed by atoms with Crippen molar-refractivity contribution in [2.45, 2.75) is 45.2 Å². The van der Waals surface area contributed by atoms with Crippen molar-refractivity contribution >= 4 is 23.4 Å². The third-order valence-corrected chi connectivity index (χ3v) is 4.42. The highest BCUT2D eigenvalue weighted by Gasteiger charge is 2.33. The van der Waals surface area contributed by atoms with Gasteiger partial charge in [-0.3, -0.25) is 9.59 Å². The molecule has 0 aromatic heterocycles. The highest BCUT2D eigenvalue weighted by molar-refractivity contribution is 6.30. The van der Waals surface area contributed by atoms with Gasteiger partial charge in [-0.2, -0.15) is 0 Å². The number of carbonyl (C=O) groups excluding carboxylic acids is 2. The van der Waals surface area contributed by atoms with Crippen LogP contribution in [0.3, 0.4) is 0 Å². The quantitative estimate of drug-likeness (QED) is 0.906. The van der Waals surface area contributed by atoms with Crippen molar-refractivity contribution < 1.29 is 9.59 Å². The van der Waals surface area contributed by atoms with E-state index in [4.69, 9.17) is 11.6 Å². The molecule has 1 N–H and O–H groups in total. The second kappa shape index (κ2) is 7.63. The molecule has 120 valence electrons. The van der Waals surface area contributed by atoms with Gasteiger partial charge in [0.15, 0.2) is 0 Å². The largest absolute Gasteiger partial charge is 0.344 e. The smallest absolute Gasteiger partial charge is 0.245 e. The van der Waals surface area contributed by atoms with Crippen molar-refractivity contribution in [3.8, 4) is 0 Å². The lowest BCUT2D eigenvalue weighted by Gasteiger charge is -2.28. The van der Waals surface area contributed by atoms with Crippen LogP contribution in [0.2, 0.25) is 5.02 Å². The molecule has 0 heterocycles. The molecular weight excluding hydrogens is 300 g/mol. The van der Waals surface area contributed by atoms with Crippen LogP contribution in [-0.2, 0) is 16.1 Å². The Morgan fingerprint density at radius 3 is 2.64 bits per heavy atom. The van der Waals surface area contributed by atoms with Crippen molar-refractivity contribution in [2.24, 2.45) is 5.92 Å². The van der Waals surface area contributed by atoms with Crippen LogP contribution in [-0.4, -0.2) is 29.8 Å². The van der Waals surface area contributed by atoms with E-state index in [0.29, 0.717) is 11.6 Å². The summed E-state index contributed by atoms with van der Waals surface area (Å²) >= 11 is 5.98. The Hall–Kier alpha value is -1.55. The molecular formula is C17H23ClN2O2. The first kappa shape index (κ1) is 16.8. The van der Waals surface area contributed by atoms with Gasteiger partial charge >= 0.3 is 0 Å². The normalized spacial score (nSPS) is 16.3. The van der Waals surface area contributed by atoms with Crippen LogP contribution in [0.25, 0.3) is 0 Å². The number of amides is 2. The van der Waals surface area contributed by atoms with Gasteiger partial charge in [0.1, 0.15) is 6.04 Å². The van der Waals surface area contributed by atoms with E-state index in [1.165, 1.54) is 6.92 Å². The van der Waals surface area contributed by atoms with Crippen LogP contribution in [0.4, 0.5) is 0 Å². The van der Waals surface area contributed by atoms with Gasteiger partial charge in [-0.15, -0.1) is 0 Å². The molecule has 1 aromatic carbocycles. The molecule has 0 radical (unpaired) electrons. The van der Waals surface area contributed by atoms with Gasteiger partial charge in [-0.25, -0.2) is 0 Å². The number of benzene rings is 1. The maximum absolute atomic E-state index is 12.7. The minimum absolute atomic E-state index is 0.0259. The first-order valence-corrected chi connectivity index (χ1v) is 8.11. The van der Waals surface area contributed by atoms with Crippen molar-refractivity contribution in [2.75, 3.05) is 7.05 Å². The molecule has 1 saturated carbocycles. The summed E-state index contributed by atoms with van der Waals surface area (Å²) in [6.45, 7) is 1.95. The lowest BCUT2D eigenvalue weighted by Crippen LogP contribution is -2.50. The van der Waals surface area contributed by atoms with Crippen LogP contribution in [0.5, 0.6) is 0 Å². The zero-order chi connectivity index (χ0) is 16.1. The molecule has 0 saturated heterocycles. The average Bonchev–Trinajstić information content (AvgIpc) is 2.97. The number of halogens is 1. The fourth-order valence-electron chi connectivity index (χ4n) is 3.12. The van der Waals surface area contributed by atoms with Gasteiger partial charge < -0.3 is 10.2 Å². The topological polar surface area (TPSA) is 49.4 Å². The average molecular weight is 323 g/mol. The van der Waals surface area contributed by atoms with E-state index in [1.807, 2.05) is 24.3 Å². The second-order valence-corrected chi connectivity index (χ2v) is 6.48. The first-order chi connectivity index (χ1) is 10.5. The third-order valence-electron chi connectivity index (χ3n) is 4.18. The Labute approximate surface area is 136 Å². The third kappa shape index (κ3) is 4.47. The van der Waals surface area contributed by atoms with E-state index in [-0.39, 0.29) is 17.7 Å². The molecule has 2 rings (SSSR count). The number of carbonyl (C=O) groups is 2. The van der Waals surface area contributed by atoms with Gasteiger partial charge in [-0.1, -0.05) is 36.6 Å². The van der Waals surface area contributed by atoms with E-state index in [0.717, 1.165) is 31.2 Å². The van der Waals surface area contributed by atoms with Gasteiger partial charge in [0.25, 0.3) is 0 Å².